The Kier molecular flexibility index (Phi) is 4.28. The van der Waals surface area contributed by atoms with Crippen LogP contribution in [-0.4, -0.2) is 31.1 Å². The SMILES string of the molecule is CN1CCCC1CNC1CCCc2sc(I)cc21. The fourth-order valence-electron chi connectivity index (χ4n) is 3.25. The molecular formula is C14H21IN2S. The van der Waals surface area contributed by atoms with Gasteiger partial charge < -0.3 is 10.2 Å². The molecule has 2 unspecified atom stereocenters. The molecule has 1 fully saturated rings. The maximum atomic E-state index is 3.83. The molecule has 4 heteroatoms. The topological polar surface area (TPSA) is 15.3 Å². The van der Waals surface area contributed by atoms with Crippen LogP contribution in [0.4, 0.5) is 0 Å². The number of rotatable bonds is 3. The fourth-order valence-corrected chi connectivity index (χ4v) is 5.37. The molecule has 0 saturated carbocycles. The summed E-state index contributed by atoms with van der Waals surface area (Å²) in [6.07, 6.45) is 6.70. The molecule has 2 nitrogen and oxygen atoms in total. The van der Waals surface area contributed by atoms with Crippen LogP contribution < -0.4 is 5.32 Å². The molecule has 0 aromatic carbocycles. The van der Waals surface area contributed by atoms with E-state index in [9.17, 15) is 0 Å². The highest BCUT2D eigenvalue weighted by molar-refractivity contribution is 14.1. The van der Waals surface area contributed by atoms with Crippen LogP contribution in [-0.2, 0) is 6.42 Å². The molecule has 1 aromatic heterocycles. The normalized spacial score (nSPS) is 28.6. The van der Waals surface area contributed by atoms with E-state index in [1.165, 1.54) is 41.5 Å². The van der Waals surface area contributed by atoms with Crippen LogP contribution in [0.5, 0.6) is 0 Å². The number of likely N-dealkylation sites (tertiary alicyclic amines) is 1. The van der Waals surface area contributed by atoms with E-state index < -0.39 is 0 Å². The van der Waals surface area contributed by atoms with Gasteiger partial charge in [0.25, 0.3) is 0 Å². The van der Waals surface area contributed by atoms with Crippen molar-refractivity contribution in [2.45, 2.75) is 44.2 Å². The molecule has 1 aromatic rings. The van der Waals surface area contributed by atoms with Gasteiger partial charge in [-0.1, -0.05) is 0 Å². The molecule has 0 spiro atoms. The van der Waals surface area contributed by atoms with E-state index in [-0.39, 0.29) is 0 Å². The van der Waals surface area contributed by atoms with Gasteiger partial charge in [-0.25, -0.2) is 0 Å². The molecule has 2 heterocycles. The molecular weight excluding hydrogens is 355 g/mol. The molecule has 0 radical (unpaired) electrons. The molecule has 0 amide bonds. The third-order valence-corrected chi connectivity index (χ3v) is 6.33. The van der Waals surface area contributed by atoms with Crippen molar-refractivity contribution in [3.8, 4) is 0 Å². The molecule has 2 atom stereocenters. The molecule has 100 valence electrons. The van der Waals surface area contributed by atoms with Crippen molar-refractivity contribution in [2.75, 3.05) is 20.1 Å². The number of hydrogen-bond acceptors (Lipinski definition) is 3. The number of likely N-dealkylation sites (N-methyl/N-ethyl adjacent to an activating group) is 1. The van der Waals surface area contributed by atoms with Gasteiger partial charge in [-0.2, -0.15) is 0 Å². The third-order valence-electron chi connectivity index (χ3n) is 4.36. The fraction of sp³-hybridized carbons (Fsp3) is 0.714. The predicted octanol–water partition coefficient (Wildman–Crippen LogP) is 3.41. The lowest BCUT2D eigenvalue weighted by Crippen LogP contribution is -2.37. The van der Waals surface area contributed by atoms with E-state index in [1.807, 2.05) is 11.3 Å². The predicted molar refractivity (Wildman–Crippen MR) is 86.4 cm³/mol. The number of thiophene rings is 1. The summed E-state index contributed by atoms with van der Waals surface area (Å²) in [6.45, 7) is 2.44. The first-order chi connectivity index (χ1) is 8.74. The lowest BCUT2D eigenvalue weighted by Gasteiger charge is -2.27. The second-order valence-corrected chi connectivity index (χ2v) is 8.59. The van der Waals surface area contributed by atoms with Crippen molar-refractivity contribution in [1.29, 1.82) is 0 Å². The minimum atomic E-state index is 0.613. The van der Waals surface area contributed by atoms with E-state index in [0.29, 0.717) is 6.04 Å². The Morgan fingerprint density at radius 1 is 1.44 bits per heavy atom. The van der Waals surface area contributed by atoms with Crippen molar-refractivity contribution in [3.05, 3.63) is 19.4 Å². The zero-order valence-electron chi connectivity index (χ0n) is 10.9. The second kappa shape index (κ2) is 5.77. The summed E-state index contributed by atoms with van der Waals surface area (Å²) >= 11 is 4.45. The van der Waals surface area contributed by atoms with Gasteiger partial charge in [-0.05, 0) is 79.9 Å². The molecule has 1 saturated heterocycles. The molecule has 1 N–H and O–H groups in total. The van der Waals surface area contributed by atoms with E-state index >= 15 is 0 Å². The van der Waals surface area contributed by atoms with Gasteiger partial charge in [0.15, 0.2) is 0 Å². The van der Waals surface area contributed by atoms with Gasteiger partial charge in [0.1, 0.15) is 0 Å². The Balaban J connectivity index is 1.63. The summed E-state index contributed by atoms with van der Waals surface area (Å²) < 4.78 is 1.45. The molecule has 3 rings (SSSR count). The summed E-state index contributed by atoms with van der Waals surface area (Å²) in [5.74, 6) is 0. The van der Waals surface area contributed by atoms with Gasteiger partial charge in [-0.3, -0.25) is 0 Å². The van der Waals surface area contributed by atoms with Crippen molar-refractivity contribution in [3.63, 3.8) is 0 Å². The van der Waals surface area contributed by atoms with Crippen molar-refractivity contribution >= 4 is 33.9 Å². The summed E-state index contributed by atoms with van der Waals surface area (Å²) in [5.41, 5.74) is 1.59. The van der Waals surface area contributed by atoms with Crippen LogP contribution in [0.2, 0.25) is 0 Å². The number of nitrogens with one attached hydrogen (secondary N) is 1. The minimum Gasteiger partial charge on any atom is -0.308 e. The number of halogens is 1. The summed E-state index contributed by atoms with van der Waals surface area (Å²) in [6, 6.07) is 3.77. The average molecular weight is 376 g/mol. The Bertz CT molecular complexity index is 418. The Hall–Kier alpha value is 0.350. The van der Waals surface area contributed by atoms with Gasteiger partial charge >= 0.3 is 0 Å². The highest BCUT2D eigenvalue weighted by atomic mass is 127. The van der Waals surface area contributed by atoms with Crippen molar-refractivity contribution in [1.82, 2.24) is 10.2 Å². The summed E-state index contributed by atoms with van der Waals surface area (Å²) in [4.78, 5) is 4.14. The molecule has 2 aliphatic rings. The zero-order valence-corrected chi connectivity index (χ0v) is 13.9. The van der Waals surface area contributed by atoms with Gasteiger partial charge in [0.05, 0.1) is 2.88 Å². The van der Waals surface area contributed by atoms with E-state index in [1.54, 1.807) is 10.4 Å². The van der Waals surface area contributed by atoms with Crippen LogP contribution in [0.15, 0.2) is 6.07 Å². The third kappa shape index (κ3) is 2.76. The van der Waals surface area contributed by atoms with Crippen molar-refractivity contribution < 1.29 is 0 Å². The second-order valence-electron chi connectivity index (χ2n) is 5.56. The maximum absolute atomic E-state index is 3.83. The summed E-state index contributed by atoms with van der Waals surface area (Å²) in [7, 11) is 2.26. The lowest BCUT2D eigenvalue weighted by atomic mass is 9.94. The highest BCUT2D eigenvalue weighted by Crippen LogP contribution is 2.36. The largest absolute Gasteiger partial charge is 0.308 e. The van der Waals surface area contributed by atoms with Gasteiger partial charge in [0.2, 0.25) is 0 Å². The maximum Gasteiger partial charge on any atom is 0.0659 e. The smallest absolute Gasteiger partial charge is 0.0659 e. The number of fused-ring (bicyclic) bond motifs is 1. The van der Waals surface area contributed by atoms with Crippen LogP contribution >= 0.6 is 33.9 Å². The van der Waals surface area contributed by atoms with Crippen LogP contribution in [0.25, 0.3) is 0 Å². The standard InChI is InChI=1S/C14H21IN2S/c1-17-7-3-4-10(17)9-16-12-5-2-6-13-11(12)8-14(15)18-13/h8,10,12,16H,2-7,9H2,1H3. The minimum absolute atomic E-state index is 0.613. The number of nitrogens with zero attached hydrogens (tertiary/aromatic N) is 1. The van der Waals surface area contributed by atoms with Crippen LogP contribution in [0.3, 0.4) is 0 Å². The summed E-state index contributed by atoms with van der Waals surface area (Å²) in [5, 5.41) is 3.83. The first-order valence-corrected chi connectivity index (χ1v) is 8.85. The quantitative estimate of drug-likeness (QED) is 0.814. The van der Waals surface area contributed by atoms with Gasteiger partial charge in [0, 0.05) is 23.5 Å². The Labute approximate surface area is 127 Å². The monoisotopic (exact) mass is 376 g/mol. The molecule has 0 bridgehead atoms. The molecule has 18 heavy (non-hydrogen) atoms. The van der Waals surface area contributed by atoms with Crippen molar-refractivity contribution in [2.24, 2.45) is 0 Å². The first kappa shape index (κ1) is 13.3. The molecule has 1 aliphatic heterocycles. The average Bonchev–Trinajstić information content (AvgIpc) is 2.91. The first-order valence-electron chi connectivity index (χ1n) is 6.96. The Morgan fingerprint density at radius 2 is 2.33 bits per heavy atom. The highest BCUT2D eigenvalue weighted by Gasteiger charge is 2.25. The molecule has 1 aliphatic carbocycles. The van der Waals surface area contributed by atoms with E-state index in [4.69, 9.17) is 0 Å². The Morgan fingerprint density at radius 3 is 3.11 bits per heavy atom. The lowest BCUT2D eigenvalue weighted by molar-refractivity contribution is 0.287. The van der Waals surface area contributed by atoms with E-state index in [0.717, 1.165) is 12.6 Å². The van der Waals surface area contributed by atoms with Gasteiger partial charge in [-0.15, -0.1) is 11.3 Å². The number of aryl methyl sites for hydroxylation is 1. The number of hydrogen-bond donors (Lipinski definition) is 1. The zero-order chi connectivity index (χ0) is 12.5. The van der Waals surface area contributed by atoms with Crippen LogP contribution in [0, 0.1) is 2.88 Å². The van der Waals surface area contributed by atoms with E-state index in [2.05, 4.69) is 45.9 Å². The van der Waals surface area contributed by atoms with Crippen LogP contribution in [0.1, 0.15) is 42.2 Å².